The third-order valence-corrected chi connectivity index (χ3v) is 1.92. The maximum absolute atomic E-state index is 8.66. The highest BCUT2D eigenvalue weighted by Crippen LogP contribution is 2.29. The molecule has 3 heteroatoms. The van der Waals surface area contributed by atoms with Gasteiger partial charge in [-0.2, -0.15) is 5.26 Å². The second-order valence-corrected chi connectivity index (χ2v) is 4.06. The Hall–Kier alpha value is -1.27. The van der Waals surface area contributed by atoms with Gasteiger partial charge >= 0.3 is 0 Å². The smallest absolute Gasteiger partial charge is 0.152 e. The van der Waals surface area contributed by atoms with Gasteiger partial charge in [-0.05, 0) is 11.5 Å². The largest absolute Gasteiger partial charge is 0.466 e. The van der Waals surface area contributed by atoms with Gasteiger partial charge in [-0.1, -0.05) is 20.8 Å². The lowest BCUT2D eigenvalue weighted by molar-refractivity contribution is 0.472. The van der Waals surface area contributed by atoms with Gasteiger partial charge in [0.05, 0.1) is 12.3 Å². The second kappa shape index (κ2) is 3.23. The van der Waals surface area contributed by atoms with Crippen molar-refractivity contribution in [1.29, 1.82) is 5.26 Å². The van der Waals surface area contributed by atoms with Gasteiger partial charge in [-0.3, -0.25) is 0 Å². The van der Waals surface area contributed by atoms with Crippen LogP contribution in [0.4, 0.5) is 0 Å². The maximum atomic E-state index is 8.66. The molecule has 1 rings (SSSR count). The standard InChI is InChI=1S/C10H14N2O/c1-10(2,3)7-4-5-13-9(7)8(12)6-11/h4-5,8H,12H2,1-3H3. The van der Waals surface area contributed by atoms with E-state index in [1.807, 2.05) is 12.1 Å². The Morgan fingerprint density at radius 1 is 1.54 bits per heavy atom. The van der Waals surface area contributed by atoms with E-state index in [4.69, 9.17) is 15.4 Å². The van der Waals surface area contributed by atoms with E-state index in [1.165, 1.54) is 0 Å². The summed E-state index contributed by atoms with van der Waals surface area (Å²) in [7, 11) is 0. The molecule has 1 aromatic rings. The summed E-state index contributed by atoms with van der Waals surface area (Å²) >= 11 is 0. The predicted octanol–water partition coefficient (Wildman–Crippen LogP) is 2.10. The normalized spacial score (nSPS) is 13.8. The van der Waals surface area contributed by atoms with E-state index in [2.05, 4.69) is 20.8 Å². The number of nitrogens with zero attached hydrogens (tertiary/aromatic N) is 1. The molecule has 1 aromatic heterocycles. The van der Waals surface area contributed by atoms with E-state index >= 15 is 0 Å². The molecule has 0 radical (unpaired) electrons. The van der Waals surface area contributed by atoms with Gasteiger partial charge < -0.3 is 10.2 Å². The lowest BCUT2D eigenvalue weighted by atomic mass is 9.86. The Kier molecular flexibility index (Phi) is 2.44. The van der Waals surface area contributed by atoms with Crippen LogP contribution in [-0.4, -0.2) is 0 Å². The van der Waals surface area contributed by atoms with E-state index in [1.54, 1.807) is 6.26 Å². The fourth-order valence-electron chi connectivity index (χ4n) is 1.24. The van der Waals surface area contributed by atoms with Crippen LogP contribution in [0.1, 0.15) is 38.1 Å². The summed E-state index contributed by atoms with van der Waals surface area (Å²) < 4.78 is 5.20. The highest BCUT2D eigenvalue weighted by Gasteiger charge is 2.23. The summed E-state index contributed by atoms with van der Waals surface area (Å²) in [5, 5.41) is 8.66. The highest BCUT2D eigenvalue weighted by molar-refractivity contribution is 5.29. The van der Waals surface area contributed by atoms with Crippen LogP contribution in [0.25, 0.3) is 0 Å². The molecule has 2 N–H and O–H groups in total. The van der Waals surface area contributed by atoms with Gasteiger partial charge in [0.2, 0.25) is 0 Å². The Bertz CT molecular complexity index is 327. The maximum Gasteiger partial charge on any atom is 0.152 e. The second-order valence-electron chi connectivity index (χ2n) is 4.06. The Morgan fingerprint density at radius 3 is 2.62 bits per heavy atom. The minimum Gasteiger partial charge on any atom is -0.466 e. The summed E-state index contributed by atoms with van der Waals surface area (Å²) in [6, 6.07) is 3.17. The molecule has 70 valence electrons. The first-order valence-corrected chi connectivity index (χ1v) is 4.20. The molecule has 0 fully saturated rings. The van der Waals surface area contributed by atoms with Crippen molar-refractivity contribution in [3.8, 4) is 6.07 Å². The first-order chi connectivity index (χ1) is 5.96. The van der Waals surface area contributed by atoms with Gasteiger partial charge in [0.25, 0.3) is 0 Å². The number of furan rings is 1. The number of hydrogen-bond donors (Lipinski definition) is 1. The SMILES string of the molecule is CC(C)(C)c1ccoc1C(N)C#N. The summed E-state index contributed by atoms with van der Waals surface area (Å²) in [5.41, 5.74) is 6.55. The summed E-state index contributed by atoms with van der Waals surface area (Å²) in [6.45, 7) is 6.18. The van der Waals surface area contributed by atoms with Gasteiger partial charge in [0.1, 0.15) is 5.76 Å². The molecule has 0 saturated heterocycles. The molecule has 13 heavy (non-hydrogen) atoms. The van der Waals surface area contributed by atoms with Crippen molar-refractivity contribution in [2.45, 2.75) is 32.2 Å². The lowest BCUT2D eigenvalue weighted by Crippen LogP contribution is -2.17. The van der Waals surface area contributed by atoms with Crippen LogP contribution >= 0.6 is 0 Å². The van der Waals surface area contributed by atoms with Crippen molar-refractivity contribution in [3.05, 3.63) is 23.7 Å². The van der Waals surface area contributed by atoms with Crippen LogP contribution in [0.5, 0.6) is 0 Å². The lowest BCUT2D eigenvalue weighted by Gasteiger charge is -2.18. The Labute approximate surface area is 78.1 Å². The quantitative estimate of drug-likeness (QED) is 0.716. The molecule has 0 aliphatic rings. The van der Waals surface area contributed by atoms with Gasteiger partial charge in [0.15, 0.2) is 6.04 Å². The predicted molar refractivity (Wildman–Crippen MR) is 49.9 cm³/mol. The summed E-state index contributed by atoms with van der Waals surface area (Å²) in [5.74, 6) is 0.579. The van der Waals surface area contributed by atoms with Crippen LogP contribution in [0.3, 0.4) is 0 Å². The molecule has 1 atom stereocenters. The van der Waals surface area contributed by atoms with Crippen molar-refractivity contribution in [3.63, 3.8) is 0 Å². The number of hydrogen-bond acceptors (Lipinski definition) is 3. The van der Waals surface area contributed by atoms with Crippen LogP contribution in [0.2, 0.25) is 0 Å². The molecule has 0 aromatic carbocycles. The molecular formula is C10H14N2O. The van der Waals surface area contributed by atoms with Crippen molar-refractivity contribution < 1.29 is 4.42 Å². The molecule has 0 aliphatic heterocycles. The van der Waals surface area contributed by atoms with Crippen LogP contribution in [-0.2, 0) is 5.41 Å². The van der Waals surface area contributed by atoms with E-state index in [-0.39, 0.29) is 5.41 Å². The molecule has 1 heterocycles. The molecule has 0 aliphatic carbocycles. The van der Waals surface area contributed by atoms with E-state index in [0.717, 1.165) is 5.56 Å². The molecular weight excluding hydrogens is 164 g/mol. The number of rotatable bonds is 1. The van der Waals surface area contributed by atoms with Crippen LogP contribution < -0.4 is 5.73 Å². The number of nitriles is 1. The van der Waals surface area contributed by atoms with E-state index in [0.29, 0.717) is 5.76 Å². The zero-order chi connectivity index (χ0) is 10.1. The summed E-state index contributed by atoms with van der Waals surface area (Å²) in [6.07, 6.45) is 1.58. The van der Waals surface area contributed by atoms with Gasteiger partial charge in [-0.15, -0.1) is 0 Å². The molecule has 0 bridgehead atoms. The number of nitrogens with two attached hydrogens (primary N) is 1. The average Bonchev–Trinajstić information content (AvgIpc) is 2.49. The molecule has 0 amide bonds. The first kappa shape index (κ1) is 9.82. The highest BCUT2D eigenvalue weighted by atomic mass is 16.3. The minimum atomic E-state index is -0.663. The fraction of sp³-hybridized carbons (Fsp3) is 0.500. The van der Waals surface area contributed by atoms with Crippen LogP contribution in [0, 0.1) is 11.3 Å². The molecule has 3 nitrogen and oxygen atoms in total. The van der Waals surface area contributed by atoms with Crippen LogP contribution in [0.15, 0.2) is 16.7 Å². The zero-order valence-corrected chi connectivity index (χ0v) is 8.16. The monoisotopic (exact) mass is 178 g/mol. The van der Waals surface area contributed by atoms with Gasteiger partial charge in [-0.25, -0.2) is 0 Å². The van der Waals surface area contributed by atoms with Crippen molar-refractivity contribution in [2.75, 3.05) is 0 Å². The third-order valence-electron chi connectivity index (χ3n) is 1.92. The fourth-order valence-corrected chi connectivity index (χ4v) is 1.24. The molecule has 0 saturated carbocycles. The zero-order valence-electron chi connectivity index (χ0n) is 8.16. The topological polar surface area (TPSA) is 62.9 Å². The van der Waals surface area contributed by atoms with Crippen molar-refractivity contribution in [2.24, 2.45) is 5.73 Å². The molecule has 0 spiro atoms. The third kappa shape index (κ3) is 1.90. The van der Waals surface area contributed by atoms with Crippen molar-refractivity contribution in [1.82, 2.24) is 0 Å². The van der Waals surface area contributed by atoms with Crippen molar-refractivity contribution >= 4 is 0 Å². The average molecular weight is 178 g/mol. The molecule has 1 unspecified atom stereocenters. The first-order valence-electron chi connectivity index (χ1n) is 4.20. The Morgan fingerprint density at radius 2 is 2.15 bits per heavy atom. The van der Waals surface area contributed by atoms with E-state index < -0.39 is 6.04 Å². The Balaban J connectivity index is 3.12. The van der Waals surface area contributed by atoms with E-state index in [9.17, 15) is 0 Å². The van der Waals surface area contributed by atoms with Gasteiger partial charge in [0, 0.05) is 5.56 Å². The summed E-state index contributed by atoms with van der Waals surface area (Å²) in [4.78, 5) is 0. The minimum absolute atomic E-state index is 0.0309.